The molecule has 3 N–H and O–H groups in total. The van der Waals surface area contributed by atoms with Gasteiger partial charge in [-0.1, -0.05) is 12.1 Å². The highest BCUT2D eigenvalue weighted by atomic mass is 127. The molecule has 1 aliphatic heterocycles. The average molecular weight is 504 g/mol. The van der Waals surface area contributed by atoms with Gasteiger partial charge in [-0.25, -0.2) is 4.99 Å². The maximum atomic E-state index is 11.8. The van der Waals surface area contributed by atoms with Crippen LogP contribution in [0, 0.1) is 0 Å². The summed E-state index contributed by atoms with van der Waals surface area (Å²) in [4.78, 5) is 16.4. The number of carbonyl (C=O) groups excluding carboxylic acids is 1. The van der Waals surface area contributed by atoms with Gasteiger partial charge in [0.15, 0.2) is 5.96 Å². The largest absolute Gasteiger partial charge is 0.379 e. The number of carbonyl (C=O) groups is 1. The highest BCUT2D eigenvalue weighted by Crippen LogP contribution is 2.08. The molecule has 8 heteroatoms. The Morgan fingerprint density at radius 3 is 2.57 bits per heavy atom. The third-order valence-electron chi connectivity index (χ3n) is 4.17. The van der Waals surface area contributed by atoms with Crippen molar-refractivity contribution in [1.29, 1.82) is 0 Å². The van der Waals surface area contributed by atoms with Crippen LogP contribution in [0.3, 0.4) is 0 Å². The molecule has 1 amide bonds. The minimum atomic E-state index is -0.0473. The smallest absolute Gasteiger partial charge is 0.251 e. The van der Waals surface area contributed by atoms with Crippen molar-refractivity contribution in [3.05, 3.63) is 35.4 Å². The predicted octanol–water partition coefficient (Wildman–Crippen LogP) is 2.31. The molecule has 1 fully saturated rings. The highest BCUT2D eigenvalue weighted by molar-refractivity contribution is 14.0. The van der Waals surface area contributed by atoms with E-state index in [2.05, 4.69) is 20.9 Å². The van der Waals surface area contributed by atoms with Gasteiger partial charge in [0.25, 0.3) is 5.91 Å². The van der Waals surface area contributed by atoms with Crippen LogP contribution in [-0.4, -0.2) is 57.4 Å². The molecule has 1 heterocycles. The number of hydrogen-bond donors (Lipinski definition) is 3. The average Bonchev–Trinajstić information content (AvgIpc) is 3.20. The fourth-order valence-electron chi connectivity index (χ4n) is 2.71. The Morgan fingerprint density at radius 1 is 1.18 bits per heavy atom. The van der Waals surface area contributed by atoms with Gasteiger partial charge in [-0.2, -0.15) is 0 Å². The number of nitrogens with zero attached hydrogens (tertiary/aromatic N) is 1. The first-order valence-electron chi connectivity index (χ1n) is 9.81. The van der Waals surface area contributed by atoms with Gasteiger partial charge < -0.3 is 25.4 Å². The van der Waals surface area contributed by atoms with Crippen LogP contribution >= 0.6 is 24.0 Å². The SMILES string of the molecule is CCNC(=O)c1ccc(CN=C(NCC)NCCCOC2CCOC2)cc1.I. The third-order valence-corrected chi connectivity index (χ3v) is 4.17. The monoisotopic (exact) mass is 504 g/mol. The van der Waals surface area contributed by atoms with Crippen molar-refractivity contribution in [1.82, 2.24) is 16.0 Å². The molecule has 1 unspecified atom stereocenters. The lowest BCUT2D eigenvalue weighted by atomic mass is 10.1. The molecule has 158 valence electrons. The van der Waals surface area contributed by atoms with E-state index in [1.54, 1.807) is 0 Å². The molecule has 0 aliphatic carbocycles. The molecule has 0 radical (unpaired) electrons. The summed E-state index contributed by atoms with van der Waals surface area (Å²) >= 11 is 0. The Bertz CT molecular complexity index is 590. The molecule has 1 aromatic rings. The lowest BCUT2D eigenvalue weighted by Gasteiger charge is -2.13. The third kappa shape index (κ3) is 9.20. The molecule has 0 spiro atoms. The molecule has 7 nitrogen and oxygen atoms in total. The van der Waals surface area contributed by atoms with Gasteiger partial charge in [0.2, 0.25) is 0 Å². The highest BCUT2D eigenvalue weighted by Gasteiger charge is 2.15. The zero-order chi connectivity index (χ0) is 19.3. The van der Waals surface area contributed by atoms with Crippen molar-refractivity contribution in [2.75, 3.05) is 39.5 Å². The van der Waals surface area contributed by atoms with Crippen LogP contribution in [0.25, 0.3) is 0 Å². The van der Waals surface area contributed by atoms with Crippen molar-refractivity contribution < 1.29 is 14.3 Å². The number of aliphatic imine (C=N–C) groups is 1. The molecule has 1 aliphatic rings. The molecule has 1 saturated heterocycles. The van der Waals surface area contributed by atoms with Crippen LogP contribution in [-0.2, 0) is 16.0 Å². The van der Waals surface area contributed by atoms with Gasteiger partial charge in [0.1, 0.15) is 0 Å². The maximum absolute atomic E-state index is 11.8. The number of amides is 1. The first kappa shape index (κ1) is 24.6. The molecule has 1 atom stereocenters. The summed E-state index contributed by atoms with van der Waals surface area (Å²) in [5.41, 5.74) is 1.73. The van der Waals surface area contributed by atoms with Crippen LogP contribution in [0.5, 0.6) is 0 Å². The first-order valence-corrected chi connectivity index (χ1v) is 9.81. The van der Waals surface area contributed by atoms with Crippen LogP contribution in [0.4, 0.5) is 0 Å². The molecule has 0 aromatic heterocycles. The molecule has 2 rings (SSSR count). The van der Waals surface area contributed by atoms with E-state index in [4.69, 9.17) is 9.47 Å². The summed E-state index contributed by atoms with van der Waals surface area (Å²) in [6.07, 6.45) is 2.17. The second kappa shape index (κ2) is 14.6. The minimum Gasteiger partial charge on any atom is -0.379 e. The quantitative estimate of drug-likeness (QED) is 0.197. The Hall–Kier alpha value is -1.39. The van der Waals surface area contributed by atoms with E-state index in [0.29, 0.717) is 18.7 Å². The van der Waals surface area contributed by atoms with Crippen molar-refractivity contribution >= 4 is 35.8 Å². The number of benzene rings is 1. The van der Waals surface area contributed by atoms with Crippen molar-refractivity contribution in [3.63, 3.8) is 0 Å². The second-order valence-electron chi connectivity index (χ2n) is 6.39. The lowest BCUT2D eigenvalue weighted by molar-refractivity contribution is 0.0420. The summed E-state index contributed by atoms with van der Waals surface area (Å²) < 4.78 is 11.1. The van der Waals surface area contributed by atoms with Gasteiger partial charge in [0.05, 0.1) is 19.3 Å². The molecule has 0 bridgehead atoms. The molecule has 0 saturated carbocycles. The van der Waals surface area contributed by atoms with E-state index in [1.165, 1.54) is 0 Å². The van der Waals surface area contributed by atoms with E-state index < -0.39 is 0 Å². The summed E-state index contributed by atoms with van der Waals surface area (Å²) in [7, 11) is 0. The minimum absolute atomic E-state index is 0. The summed E-state index contributed by atoms with van der Waals surface area (Å²) in [5.74, 6) is 0.739. The number of nitrogens with one attached hydrogen (secondary N) is 3. The van der Waals surface area contributed by atoms with Gasteiger partial charge in [-0.3, -0.25) is 4.79 Å². The number of hydrogen-bond acceptors (Lipinski definition) is 4. The zero-order valence-corrected chi connectivity index (χ0v) is 19.2. The van der Waals surface area contributed by atoms with Crippen molar-refractivity contribution in [3.8, 4) is 0 Å². The summed E-state index contributed by atoms with van der Waals surface area (Å²) in [6, 6.07) is 7.55. The van der Waals surface area contributed by atoms with Crippen LogP contribution in [0.15, 0.2) is 29.3 Å². The summed E-state index contributed by atoms with van der Waals surface area (Å²) in [6.45, 7) is 8.99. The Balaban J connectivity index is 0.00000392. The van der Waals surface area contributed by atoms with Crippen LogP contribution in [0.1, 0.15) is 42.6 Å². The first-order chi connectivity index (χ1) is 13.2. The fourth-order valence-corrected chi connectivity index (χ4v) is 2.71. The Kier molecular flexibility index (Phi) is 12.8. The lowest BCUT2D eigenvalue weighted by Crippen LogP contribution is -2.38. The second-order valence-corrected chi connectivity index (χ2v) is 6.39. The van der Waals surface area contributed by atoms with Gasteiger partial charge in [-0.15, -0.1) is 24.0 Å². The van der Waals surface area contributed by atoms with Gasteiger partial charge >= 0.3 is 0 Å². The molecular formula is C20H33IN4O3. The van der Waals surface area contributed by atoms with E-state index in [-0.39, 0.29) is 36.0 Å². The van der Waals surface area contributed by atoms with E-state index >= 15 is 0 Å². The Morgan fingerprint density at radius 2 is 1.93 bits per heavy atom. The zero-order valence-electron chi connectivity index (χ0n) is 16.8. The predicted molar refractivity (Wildman–Crippen MR) is 122 cm³/mol. The number of ether oxygens (including phenoxy) is 2. The van der Waals surface area contributed by atoms with E-state index in [0.717, 1.165) is 57.3 Å². The normalized spacial score (nSPS) is 16.4. The molecule has 28 heavy (non-hydrogen) atoms. The van der Waals surface area contributed by atoms with Crippen LogP contribution < -0.4 is 16.0 Å². The Labute approximate surface area is 185 Å². The van der Waals surface area contributed by atoms with Crippen molar-refractivity contribution in [2.45, 2.75) is 39.3 Å². The van der Waals surface area contributed by atoms with Gasteiger partial charge in [0, 0.05) is 38.4 Å². The standard InChI is InChI=1S/C20H32N4O3.HI/c1-3-21-19(25)17-8-6-16(7-9-17)14-24-20(22-4-2)23-11-5-12-27-18-10-13-26-15-18;/h6-9,18H,3-5,10-15H2,1-2H3,(H,21,25)(H2,22,23,24);1H. The van der Waals surface area contributed by atoms with E-state index in [9.17, 15) is 4.79 Å². The van der Waals surface area contributed by atoms with Crippen LogP contribution in [0.2, 0.25) is 0 Å². The van der Waals surface area contributed by atoms with E-state index in [1.807, 2.05) is 38.1 Å². The summed E-state index contributed by atoms with van der Waals surface area (Å²) in [5, 5.41) is 9.37. The van der Waals surface area contributed by atoms with Gasteiger partial charge in [-0.05, 0) is 44.4 Å². The van der Waals surface area contributed by atoms with Crippen molar-refractivity contribution in [2.24, 2.45) is 4.99 Å². The topological polar surface area (TPSA) is 84.0 Å². The number of guanidine groups is 1. The number of halogens is 1. The number of rotatable bonds is 10. The molecular weight excluding hydrogens is 471 g/mol. The fraction of sp³-hybridized carbons (Fsp3) is 0.600. The molecule has 1 aromatic carbocycles. The maximum Gasteiger partial charge on any atom is 0.251 e.